The zero-order valence-corrected chi connectivity index (χ0v) is 15.4. The van der Waals surface area contributed by atoms with Crippen LogP contribution >= 0.6 is 0 Å². The lowest BCUT2D eigenvalue weighted by molar-refractivity contribution is 0.599. The van der Waals surface area contributed by atoms with E-state index in [1.807, 2.05) is 25.2 Å². The van der Waals surface area contributed by atoms with Crippen LogP contribution in [-0.4, -0.2) is 53.1 Å². The molecule has 2 N–H and O–H groups in total. The van der Waals surface area contributed by atoms with Crippen molar-refractivity contribution in [1.82, 2.24) is 29.9 Å². The lowest BCUT2D eigenvalue weighted by Gasteiger charge is -2.10. The van der Waals surface area contributed by atoms with Gasteiger partial charge in [0.25, 0.3) is 0 Å². The second-order valence-electron chi connectivity index (χ2n) is 6.10. The van der Waals surface area contributed by atoms with E-state index in [1.54, 1.807) is 23.3 Å². The van der Waals surface area contributed by atoms with Crippen LogP contribution in [0.15, 0.2) is 30.6 Å². The van der Waals surface area contributed by atoms with Gasteiger partial charge in [0.05, 0.1) is 29.6 Å². The maximum absolute atomic E-state index is 11.2. The van der Waals surface area contributed by atoms with Gasteiger partial charge in [-0.1, -0.05) is 23.3 Å². The lowest BCUT2D eigenvalue weighted by atomic mass is 10.1. The Morgan fingerprint density at radius 3 is 2.96 bits per heavy atom. The van der Waals surface area contributed by atoms with Crippen LogP contribution < -0.4 is 5.32 Å². The number of aromatic amines is 1. The van der Waals surface area contributed by atoms with Crippen LogP contribution in [-0.2, 0) is 18.2 Å². The third-order valence-corrected chi connectivity index (χ3v) is 5.08. The lowest BCUT2D eigenvalue weighted by Crippen LogP contribution is -2.11. The molecule has 9 heteroatoms. The number of nitrogens with one attached hydrogen (secondary N) is 2. The van der Waals surface area contributed by atoms with E-state index in [4.69, 9.17) is 9.97 Å². The summed E-state index contributed by atoms with van der Waals surface area (Å²) < 4.78 is 13.0. The molecule has 0 saturated heterocycles. The normalized spacial score (nSPS) is 12.7. The van der Waals surface area contributed by atoms with Gasteiger partial charge in [0, 0.05) is 31.0 Å². The number of aryl methyl sites for hydroxylation is 1. The Hall–Kier alpha value is -2.65. The predicted octanol–water partition coefficient (Wildman–Crippen LogP) is 2.09. The molecule has 0 bridgehead atoms. The van der Waals surface area contributed by atoms with Crippen molar-refractivity contribution in [3.05, 3.63) is 30.6 Å². The number of H-pyrrole nitrogens is 1. The van der Waals surface area contributed by atoms with Crippen molar-refractivity contribution in [2.24, 2.45) is 7.05 Å². The fraction of sp³-hybridized carbons (Fsp3) is 0.294. The van der Waals surface area contributed by atoms with Gasteiger partial charge in [0.1, 0.15) is 11.6 Å². The number of nitrogens with zero attached hydrogens (tertiary/aromatic N) is 5. The minimum Gasteiger partial charge on any atom is -0.617 e. The van der Waals surface area contributed by atoms with Crippen molar-refractivity contribution in [2.45, 2.75) is 6.42 Å². The van der Waals surface area contributed by atoms with E-state index in [9.17, 15) is 4.55 Å². The van der Waals surface area contributed by atoms with E-state index in [2.05, 4.69) is 20.6 Å². The van der Waals surface area contributed by atoms with Gasteiger partial charge < -0.3 is 9.87 Å². The van der Waals surface area contributed by atoms with Gasteiger partial charge >= 0.3 is 0 Å². The molecule has 134 valence electrons. The van der Waals surface area contributed by atoms with E-state index >= 15 is 0 Å². The topological polar surface area (TPSA) is 107 Å². The van der Waals surface area contributed by atoms with Crippen molar-refractivity contribution in [1.29, 1.82) is 0 Å². The van der Waals surface area contributed by atoms with Gasteiger partial charge in [-0.15, -0.1) is 0 Å². The molecule has 0 saturated carbocycles. The molecule has 8 nitrogen and oxygen atoms in total. The highest BCUT2D eigenvalue weighted by atomic mass is 32.2. The summed E-state index contributed by atoms with van der Waals surface area (Å²) in [7, 11) is 1.86. The van der Waals surface area contributed by atoms with Crippen molar-refractivity contribution < 1.29 is 4.55 Å². The van der Waals surface area contributed by atoms with E-state index in [1.165, 1.54) is 0 Å². The highest BCUT2D eigenvalue weighted by Gasteiger charge is 2.15. The van der Waals surface area contributed by atoms with E-state index < -0.39 is 11.2 Å². The van der Waals surface area contributed by atoms with Crippen LogP contribution in [0.3, 0.4) is 0 Å². The molecule has 0 amide bonds. The van der Waals surface area contributed by atoms with Crippen LogP contribution in [0.1, 0.15) is 6.42 Å². The summed E-state index contributed by atoms with van der Waals surface area (Å²) in [5.74, 6) is 2.02. The molecule has 1 aromatic carbocycles. The van der Waals surface area contributed by atoms with Crippen LogP contribution in [0.2, 0.25) is 0 Å². The summed E-state index contributed by atoms with van der Waals surface area (Å²) in [6.45, 7) is 0.690. The van der Waals surface area contributed by atoms with Gasteiger partial charge in [-0.2, -0.15) is 10.2 Å². The fourth-order valence-electron chi connectivity index (χ4n) is 2.92. The zero-order chi connectivity index (χ0) is 18.1. The first-order chi connectivity index (χ1) is 12.6. The number of hydrogen-bond acceptors (Lipinski definition) is 6. The average Bonchev–Trinajstić information content (AvgIpc) is 3.25. The van der Waals surface area contributed by atoms with Gasteiger partial charge in [0.15, 0.2) is 11.5 Å². The van der Waals surface area contributed by atoms with Crippen LogP contribution in [0.4, 0.5) is 5.82 Å². The Bertz CT molecular complexity index is 1060. The summed E-state index contributed by atoms with van der Waals surface area (Å²) in [4.78, 5) is 9.45. The first-order valence-corrected chi connectivity index (χ1v) is 10.0. The number of benzene rings is 1. The second-order valence-corrected chi connectivity index (χ2v) is 7.65. The van der Waals surface area contributed by atoms with Gasteiger partial charge in [-0.25, -0.2) is 9.97 Å². The van der Waals surface area contributed by atoms with E-state index in [0.717, 1.165) is 39.7 Å². The molecule has 0 fully saturated rings. The van der Waals surface area contributed by atoms with Crippen molar-refractivity contribution >= 4 is 38.9 Å². The highest BCUT2D eigenvalue weighted by molar-refractivity contribution is 7.90. The molecular weight excluding hydrogens is 350 g/mol. The number of hydrogen-bond donors (Lipinski definition) is 2. The number of fused-ring (bicyclic) bond motifs is 2. The Morgan fingerprint density at radius 2 is 2.12 bits per heavy atom. The van der Waals surface area contributed by atoms with Gasteiger partial charge in [0.2, 0.25) is 0 Å². The largest absolute Gasteiger partial charge is 0.617 e. The van der Waals surface area contributed by atoms with Crippen molar-refractivity contribution in [2.75, 3.05) is 23.9 Å². The quantitative estimate of drug-likeness (QED) is 0.398. The number of anilines is 1. The minimum absolute atomic E-state index is 0.620. The summed E-state index contributed by atoms with van der Waals surface area (Å²) in [5, 5.41) is 16.6. The van der Waals surface area contributed by atoms with Crippen LogP contribution in [0, 0.1) is 0 Å². The van der Waals surface area contributed by atoms with Crippen molar-refractivity contribution in [3.63, 3.8) is 0 Å². The second kappa shape index (κ2) is 6.93. The molecule has 26 heavy (non-hydrogen) atoms. The Kier molecular flexibility index (Phi) is 4.48. The standard InChI is InChI=1S/C17H19N7OS/c1-24-17-13(10-20-24)15(18-7-4-8-26(2)25)21-16(22-17)11-5-3-6-14-12(11)9-19-23-14/h3,5-6,9-10H,4,7-8H2,1-2H3,(H,19,23)(H,18,21,22). The number of rotatable bonds is 6. The fourth-order valence-corrected chi connectivity index (χ4v) is 3.47. The molecule has 3 aromatic heterocycles. The smallest absolute Gasteiger partial charge is 0.164 e. The van der Waals surface area contributed by atoms with Gasteiger partial charge in [-0.3, -0.25) is 9.78 Å². The molecule has 0 aliphatic rings. The molecule has 0 radical (unpaired) electrons. The summed E-state index contributed by atoms with van der Waals surface area (Å²) in [6.07, 6.45) is 6.07. The van der Waals surface area contributed by atoms with Crippen LogP contribution in [0.25, 0.3) is 33.3 Å². The zero-order valence-electron chi connectivity index (χ0n) is 14.6. The molecular formula is C17H19N7OS. The summed E-state index contributed by atoms with van der Waals surface area (Å²) in [5.41, 5.74) is 2.62. The molecule has 4 rings (SSSR count). The monoisotopic (exact) mass is 369 g/mol. The third kappa shape index (κ3) is 3.11. The Balaban J connectivity index is 1.76. The molecule has 1 atom stereocenters. The van der Waals surface area contributed by atoms with Crippen LogP contribution in [0.5, 0.6) is 0 Å². The maximum Gasteiger partial charge on any atom is 0.164 e. The SMILES string of the molecule is Cn1ncc2c(NCCC[S+](C)[O-])nc(-c3cccc4[nH]ncc34)nc21. The van der Waals surface area contributed by atoms with Crippen molar-refractivity contribution in [3.8, 4) is 11.4 Å². The highest BCUT2D eigenvalue weighted by Crippen LogP contribution is 2.28. The maximum atomic E-state index is 11.2. The molecule has 1 unspecified atom stereocenters. The van der Waals surface area contributed by atoms with E-state index in [0.29, 0.717) is 18.1 Å². The molecule has 3 heterocycles. The summed E-state index contributed by atoms with van der Waals surface area (Å²) in [6, 6.07) is 5.91. The molecule has 0 spiro atoms. The molecule has 4 aromatic rings. The minimum atomic E-state index is -0.791. The Morgan fingerprint density at radius 1 is 1.23 bits per heavy atom. The number of aromatic nitrogens is 6. The molecule has 0 aliphatic heterocycles. The van der Waals surface area contributed by atoms with Gasteiger partial charge in [-0.05, 0) is 6.07 Å². The first-order valence-electron chi connectivity index (χ1n) is 8.29. The Labute approximate surface area is 153 Å². The average molecular weight is 369 g/mol. The third-order valence-electron chi connectivity index (χ3n) is 4.22. The molecule has 0 aliphatic carbocycles. The first kappa shape index (κ1) is 16.8. The summed E-state index contributed by atoms with van der Waals surface area (Å²) >= 11 is -0.791. The van der Waals surface area contributed by atoms with E-state index in [-0.39, 0.29) is 0 Å². The predicted molar refractivity (Wildman–Crippen MR) is 103 cm³/mol.